The summed E-state index contributed by atoms with van der Waals surface area (Å²) in [5.74, 6) is -1.33. The van der Waals surface area contributed by atoms with E-state index in [9.17, 15) is 14.0 Å². The maximum atomic E-state index is 13.2. The molecule has 0 spiro atoms. The first-order valence-electron chi connectivity index (χ1n) is 7.21. The summed E-state index contributed by atoms with van der Waals surface area (Å²) < 4.78 is 13.2. The number of benzene rings is 1. The standard InChI is InChI=1S/C14H13FN2O2.C2H6/c15-7-4-5-11-10(6-7)13(18)8-2-1-3-9(14(16)19)12(8)17-11;1-2/h4-6,9H,1-3H2,(H2,16,19)(H,17,18);1-2H3. The molecule has 0 bridgehead atoms. The highest BCUT2D eigenvalue weighted by Crippen LogP contribution is 2.29. The Labute approximate surface area is 122 Å². The maximum absolute atomic E-state index is 13.2. The number of H-pyrrole nitrogens is 1. The van der Waals surface area contributed by atoms with E-state index in [2.05, 4.69) is 4.98 Å². The van der Waals surface area contributed by atoms with Crippen LogP contribution in [-0.4, -0.2) is 10.9 Å². The summed E-state index contributed by atoms with van der Waals surface area (Å²) >= 11 is 0. The van der Waals surface area contributed by atoms with Crippen LogP contribution in [0.25, 0.3) is 10.9 Å². The zero-order valence-corrected chi connectivity index (χ0v) is 12.2. The van der Waals surface area contributed by atoms with E-state index < -0.39 is 17.6 Å². The number of halogens is 1. The number of rotatable bonds is 1. The third-order valence-electron chi connectivity index (χ3n) is 3.71. The van der Waals surface area contributed by atoms with Crippen molar-refractivity contribution < 1.29 is 9.18 Å². The molecule has 1 atom stereocenters. The molecule has 3 rings (SSSR count). The first kappa shape index (κ1) is 15.2. The van der Waals surface area contributed by atoms with Crippen molar-refractivity contribution in [1.29, 1.82) is 0 Å². The molecule has 0 radical (unpaired) electrons. The Hall–Kier alpha value is -2.17. The van der Waals surface area contributed by atoms with Gasteiger partial charge in [-0.1, -0.05) is 13.8 Å². The Balaban J connectivity index is 0.000000774. The summed E-state index contributed by atoms with van der Waals surface area (Å²) in [4.78, 5) is 26.9. The molecule has 2 aromatic rings. The number of aromatic amines is 1. The van der Waals surface area contributed by atoms with Gasteiger partial charge in [0.05, 0.1) is 5.92 Å². The molecule has 0 aliphatic heterocycles. The fourth-order valence-corrected chi connectivity index (χ4v) is 2.78. The van der Waals surface area contributed by atoms with Crippen LogP contribution in [0.4, 0.5) is 4.39 Å². The number of carbonyl (C=O) groups is 1. The summed E-state index contributed by atoms with van der Waals surface area (Å²) in [6, 6.07) is 4.02. The first-order chi connectivity index (χ1) is 10.1. The van der Waals surface area contributed by atoms with Crippen molar-refractivity contribution >= 4 is 16.8 Å². The van der Waals surface area contributed by atoms with E-state index >= 15 is 0 Å². The van der Waals surface area contributed by atoms with Gasteiger partial charge in [-0.3, -0.25) is 9.59 Å². The molecule has 1 aromatic heterocycles. The third kappa shape index (κ3) is 2.68. The van der Waals surface area contributed by atoms with Gasteiger partial charge in [0.1, 0.15) is 5.82 Å². The second kappa shape index (κ2) is 6.08. The normalized spacial score (nSPS) is 16.8. The monoisotopic (exact) mass is 290 g/mol. The molecule has 112 valence electrons. The smallest absolute Gasteiger partial charge is 0.226 e. The molecule has 0 fully saturated rings. The fourth-order valence-electron chi connectivity index (χ4n) is 2.78. The number of fused-ring (bicyclic) bond motifs is 2. The van der Waals surface area contributed by atoms with Crippen LogP contribution in [0.1, 0.15) is 43.9 Å². The van der Waals surface area contributed by atoms with Crippen LogP contribution in [-0.2, 0) is 11.2 Å². The number of hydrogen-bond donors (Lipinski definition) is 2. The Bertz CT molecular complexity index is 737. The van der Waals surface area contributed by atoms with E-state index in [-0.39, 0.29) is 5.43 Å². The molecule has 1 aliphatic rings. The average Bonchev–Trinajstić information content (AvgIpc) is 2.50. The predicted molar refractivity (Wildman–Crippen MR) is 80.7 cm³/mol. The minimum atomic E-state index is -0.453. The molecule has 0 saturated carbocycles. The van der Waals surface area contributed by atoms with Gasteiger partial charge >= 0.3 is 0 Å². The van der Waals surface area contributed by atoms with E-state index in [1.165, 1.54) is 18.2 Å². The predicted octanol–water partition coefficient (Wildman–Crippen LogP) is 2.60. The third-order valence-corrected chi connectivity index (χ3v) is 3.71. The number of hydrogen-bond acceptors (Lipinski definition) is 2. The van der Waals surface area contributed by atoms with Crippen LogP contribution >= 0.6 is 0 Å². The van der Waals surface area contributed by atoms with Gasteiger partial charge in [0, 0.05) is 22.2 Å². The van der Waals surface area contributed by atoms with Crippen LogP contribution in [0.15, 0.2) is 23.0 Å². The van der Waals surface area contributed by atoms with E-state index in [0.29, 0.717) is 35.0 Å². The lowest BCUT2D eigenvalue weighted by atomic mass is 9.85. The van der Waals surface area contributed by atoms with Crippen molar-refractivity contribution in [2.45, 2.75) is 39.0 Å². The van der Waals surface area contributed by atoms with Crippen LogP contribution in [0.5, 0.6) is 0 Å². The van der Waals surface area contributed by atoms with Gasteiger partial charge in [-0.2, -0.15) is 0 Å². The number of nitrogens with one attached hydrogen (secondary N) is 1. The molecule has 1 amide bonds. The zero-order valence-electron chi connectivity index (χ0n) is 12.2. The SMILES string of the molecule is CC.NC(=O)C1CCCc2c1[nH]c1ccc(F)cc1c2=O. The van der Waals surface area contributed by atoms with Crippen LogP contribution in [0, 0.1) is 5.82 Å². The minimum absolute atomic E-state index is 0.200. The van der Waals surface area contributed by atoms with Gasteiger partial charge in [-0.15, -0.1) is 0 Å². The molecule has 21 heavy (non-hydrogen) atoms. The lowest BCUT2D eigenvalue weighted by Crippen LogP contribution is -2.29. The van der Waals surface area contributed by atoms with Crippen molar-refractivity contribution in [3.63, 3.8) is 0 Å². The molecule has 0 saturated heterocycles. The number of amides is 1. The number of primary amides is 1. The summed E-state index contributed by atoms with van der Waals surface area (Å²) in [5, 5.41) is 0.323. The second-order valence-electron chi connectivity index (χ2n) is 4.88. The lowest BCUT2D eigenvalue weighted by Gasteiger charge is -2.22. The summed E-state index contributed by atoms with van der Waals surface area (Å²) in [7, 11) is 0. The fraction of sp³-hybridized carbons (Fsp3) is 0.375. The van der Waals surface area contributed by atoms with Gasteiger partial charge in [0.25, 0.3) is 0 Å². The largest absolute Gasteiger partial charge is 0.369 e. The highest BCUT2D eigenvalue weighted by atomic mass is 19.1. The first-order valence-corrected chi connectivity index (χ1v) is 7.21. The van der Waals surface area contributed by atoms with Gasteiger partial charge in [-0.25, -0.2) is 4.39 Å². The Morgan fingerprint density at radius 1 is 1.38 bits per heavy atom. The summed E-state index contributed by atoms with van der Waals surface area (Å²) in [6.45, 7) is 4.00. The Kier molecular flexibility index (Phi) is 4.40. The average molecular weight is 290 g/mol. The zero-order chi connectivity index (χ0) is 15.6. The minimum Gasteiger partial charge on any atom is -0.369 e. The highest BCUT2D eigenvalue weighted by molar-refractivity contribution is 5.85. The molecule has 1 aromatic carbocycles. The van der Waals surface area contributed by atoms with Crippen LogP contribution < -0.4 is 11.2 Å². The number of nitrogens with two attached hydrogens (primary N) is 1. The topological polar surface area (TPSA) is 76.0 Å². The molecular formula is C16H19FN2O2. The highest BCUT2D eigenvalue weighted by Gasteiger charge is 2.27. The molecular weight excluding hydrogens is 271 g/mol. The molecule has 3 N–H and O–H groups in total. The Morgan fingerprint density at radius 3 is 2.76 bits per heavy atom. The van der Waals surface area contributed by atoms with Crippen LogP contribution in [0.2, 0.25) is 0 Å². The van der Waals surface area contributed by atoms with Crippen molar-refractivity contribution in [1.82, 2.24) is 4.98 Å². The number of carbonyl (C=O) groups excluding carboxylic acids is 1. The molecule has 1 aliphatic carbocycles. The van der Waals surface area contributed by atoms with E-state index in [1.807, 2.05) is 13.8 Å². The van der Waals surface area contributed by atoms with Crippen molar-refractivity contribution in [3.05, 3.63) is 45.5 Å². The Morgan fingerprint density at radius 2 is 2.10 bits per heavy atom. The number of aromatic nitrogens is 1. The molecule has 4 nitrogen and oxygen atoms in total. The van der Waals surface area contributed by atoms with E-state index in [4.69, 9.17) is 5.73 Å². The molecule has 1 heterocycles. The number of pyridine rings is 1. The van der Waals surface area contributed by atoms with Gasteiger partial charge in [0.15, 0.2) is 5.43 Å². The van der Waals surface area contributed by atoms with Gasteiger partial charge in [-0.05, 0) is 37.5 Å². The molecule has 1 unspecified atom stereocenters. The van der Waals surface area contributed by atoms with Gasteiger partial charge < -0.3 is 10.7 Å². The summed E-state index contributed by atoms with van der Waals surface area (Å²) in [5.41, 5.74) is 6.88. The van der Waals surface area contributed by atoms with Crippen molar-refractivity contribution in [2.75, 3.05) is 0 Å². The van der Waals surface area contributed by atoms with E-state index in [0.717, 1.165) is 6.42 Å². The summed E-state index contributed by atoms with van der Waals surface area (Å²) in [6.07, 6.45) is 1.98. The second-order valence-corrected chi connectivity index (χ2v) is 4.88. The van der Waals surface area contributed by atoms with Crippen molar-refractivity contribution in [2.24, 2.45) is 5.73 Å². The van der Waals surface area contributed by atoms with Gasteiger partial charge in [0.2, 0.25) is 5.91 Å². The maximum Gasteiger partial charge on any atom is 0.226 e. The van der Waals surface area contributed by atoms with E-state index in [1.54, 1.807) is 0 Å². The van der Waals surface area contributed by atoms with Crippen molar-refractivity contribution in [3.8, 4) is 0 Å². The lowest BCUT2D eigenvalue weighted by molar-refractivity contribution is -0.119. The molecule has 5 heteroatoms. The quantitative estimate of drug-likeness (QED) is 0.847. The van der Waals surface area contributed by atoms with Crippen LogP contribution in [0.3, 0.4) is 0 Å².